The molecule has 0 N–H and O–H groups in total. The van der Waals surface area contributed by atoms with E-state index < -0.39 is 11.0 Å². The highest BCUT2D eigenvalue weighted by Crippen LogP contribution is 2.58. The summed E-state index contributed by atoms with van der Waals surface area (Å²) in [4.78, 5) is 16.1. The molecule has 3 aliphatic heterocycles. The van der Waals surface area contributed by atoms with Crippen molar-refractivity contribution in [3.05, 3.63) is 83.2 Å². The normalized spacial score (nSPS) is 22.0. The number of fused-ring (bicyclic) bond motifs is 5. The number of carbonyl (C=O) groups is 1. The second-order valence-corrected chi connectivity index (χ2v) is 9.18. The van der Waals surface area contributed by atoms with Gasteiger partial charge in [-0.1, -0.05) is 30.3 Å². The van der Waals surface area contributed by atoms with Crippen LogP contribution in [0.25, 0.3) is 0 Å². The fourth-order valence-corrected chi connectivity index (χ4v) is 5.29. The van der Waals surface area contributed by atoms with Crippen molar-refractivity contribution in [1.82, 2.24) is 0 Å². The van der Waals surface area contributed by atoms with E-state index in [1.165, 1.54) is 12.1 Å². The summed E-state index contributed by atoms with van der Waals surface area (Å²) < 4.78 is 31.0. The third kappa shape index (κ3) is 2.65. The van der Waals surface area contributed by atoms with Crippen LogP contribution in [0.5, 0.6) is 17.2 Å². The third-order valence-corrected chi connectivity index (χ3v) is 6.53. The zero-order valence-electron chi connectivity index (χ0n) is 17.9. The van der Waals surface area contributed by atoms with Crippen LogP contribution in [-0.2, 0) is 16.8 Å². The maximum absolute atomic E-state index is 14.3. The van der Waals surface area contributed by atoms with Gasteiger partial charge in [0.2, 0.25) is 12.7 Å². The number of benzene rings is 3. The molecule has 5 nitrogen and oxygen atoms in total. The smallest absolute Gasteiger partial charge is 0.242 e. The van der Waals surface area contributed by atoms with E-state index in [9.17, 15) is 9.18 Å². The Balaban J connectivity index is 1.55. The van der Waals surface area contributed by atoms with Gasteiger partial charge in [0.15, 0.2) is 11.5 Å². The zero-order chi connectivity index (χ0) is 22.1. The summed E-state index contributed by atoms with van der Waals surface area (Å²) >= 11 is 0. The predicted molar refractivity (Wildman–Crippen MR) is 117 cm³/mol. The molecule has 32 heavy (non-hydrogen) atoms. The first-order valence-electron chi connectivity index (χ1n) is 10.7. The molecule has 6 rings (SSSR count). The third-order valence-electron chi connectivity index (χ3n) is 6.53. The summed E-state index contributed by atoms with van der Waals surface area (Å²) in [6.45, 7) is 4.51. The Labute approximate surface area is 185 Å². The number of halogens is 1. The Morgan fingerprint density at radius 3 is 2.44 bits per heavy atom. The average molecular weight is 431 g/mol. The predicted octanol–water partition coefficient (Wildman–Crippen LogP) is 4.95. The van der Waals surface area contributed by atoms with Gasteiger partial charge in [0.05, 0.1) is 6.54 Å². The second kappa shape index (κ2) is 6.48. The van der Waals surface area contributed by atoms with Crippen molar-refractivity contribution >= 4 is 11.6 Å². The van der Waals surface area contributed by atoms with E-state index in [0.717, 1.165) is 22.4 Å². The van der Waals surface area contributed by atoms with Gasteiger partial charge in [-0.2, -0.15) is 0 Å². The summed E-state index contributed by atoms with van der Waals surface area (Å²) in [6, 6.07) is 17.9. The van der Waals surface area contributed by atoms with Crippen LogP contribution in [-0.4, -0.2) is 18.3 Å². The number of amides is 1. The van der Waals surface area contributed by atoms with E-state index in [0.29, 0.717) is 30.2 Å². The highest BCUT2D eigenvalue weighted by molar-refractivity contribution is 6.11. The van der Waals surface area contributed by atoms with Gasteiger partial charge in [-0.25, -0.2) is 4.39 Å². The van der Waals surface area contributed by atoms with Crippen LogP contribution in [0.4, 0.5) is 10.1 Å². The largest absolute Gasteiger partial charge is 0.487 e. The van der Waals surface area contributed by atoms with Crippen LogP contribution < -0.4 is 19.1 Å². The molecule has 0 aromatic heterocycles. The van der Waals surface area contributed by atoms with Gasteiger partial charge < -0.3 is 19.1 Å². The van der Waals surface area contributed by atoms with Crippen molar-refractivity contribution in [3.8, 4) is 17.2 Å². The average Bonchev–Trinajstić information content (AvgIpc) is 3.31. The van der Waals surface area contributed by atoms with E-state index in [1.807, 2.05) is 50.2 Å². The molecule has 3 aromatic rings. The lowest BCUT2D eigenvalue weighted by Crippen LogP contribution is -2.50. The Kier molecular flexibility index (Phi) is 3.88. The first-order valence-corrected chi connectivity index (χ1v) is 10.7. The Morgan fingerprint density at radius 2 is 1.66 bits per heavy atom. The van der Waals surface area contributed by atoms with Crippen molar-refractivity contribution in [2.24, 2.45) is 0 Å². The maximum Gasteiger partial charge on any atom is 0.242 e. The van der Waals surface area contributed by atoms with Crippen LogP contribution in [0, 0.1) is 5.82 Å². The molecular weight excluding hydrogens is 409 g/mol. The molecule has 0 saturated heterocycles. The Hall–Kier alpha value is -3.54. The summed E-state index contributed by atoms with van der Waals surface area (Å²) in [5, 5.41) is 0. The fraction of sp³-hybridized carbons (Fsp3) is 0.269. The zero-order valence-corrected chi connectivity index (χ0v) is 17.9. The quantitative estimate of drug-likeness (QED) is 0.576. The van der Waals surface area contributed by atoms with Gasteiger partial charge in [-0.05, 0) is 49.2 Å². The molecule has 0 bridgehead atoms. The molecule has 0 fully saturated rings. The molecule has 1 amide bonds. The molecule has 3 heterocycles. The van der Waals surface area contributed by atoms with Gasteiger partial charge >= 0.3 is 0 Å². The van der Waals surface area contributed by atoms with Gasteiger partial charge in [-0.3, -0.25) is 4.79 Å². The summed E-state index contributed by atoms with van der Waals surface area (Å²) in [6.07, 6.45) is 0.489. The molecule has 0 saturated carbocycles. The van der Waals surface area contributed by atoms with E-state index in [-0.39, 0.29) is 18.5 Å². The number of anilines is 1. The van der Waals surface area contributed by atoms with E-state index >= 15 is 0 Å². The molecule has 6 heteroatoms. The van der Waals surface area contributed by atoms with Crippen molar-refractivity contribution in [3.63, 3.8) is 0 Å². The van der Waals surface area contributed by atoms with Gasteiger partial charge in [0, 0.05) is 23.7 Å². The molecule has 3 aromatic carbocycles. The molecule has 0 aliphatic carbocycles. The summed E-state index contributed by atoms with van der Waals surface area (Å²) in [7, 11) is 0. The standard InChI is InChI=1S/C26H22FNO4/c1-25(2)14-26(19-11-22-23(31-15-30-22)12-21(19)32-25)18-5-3-4-6-20(18)28(24(26)29)13-16-7-9-17(27)10-8-16/h3-12H,13-15H2,1-2H3. The lowest BCUT2D eigenvalue weighted by atomic mass is 9.67. The summed E-state index contributed by atoms with van der Waals surface area (Å²) in [5.74, 6) is 1.57. The lowest BCUT2D eigenvalue weighted by Gasteiger charge is -2.43. The van der Waals surface area contributed by atoms with Crippen LogP contribution in [0.15, 0.2) is 60.7 Å². The van der Waals surface area contributed by atoms with E-state index in [2.05, 4.69) is 0 Å². The SMILES string of the molecule is CC1(C)CC2(C(=O)N(Cc3ccc(F)cc3)c3ccccc32)c2cc3c(cc2O1)OCO3. The van der Waals surface area contributed by atoms with Gasteiger partial charge in [-0.15, -0.1) is 0 Å². The number of ether oxygens (including phenoxy) is 3. The number of para-hydroxylation sites is 1. The Morgan fingerprint density at radius 1 is 0.938 bits per heavy atom. The molecule has 162 valence electrons. The topological polar surface area (TPSA) is 48.0 Å². The van der Waals surface area contributed by atoms with Crippen molar-refractivity contribution < 1.29 is 23.4 Å². The minimum Gasteiger partial charge on any atom is -0.487 e. The van der Waals surface area contributed by atoms with Crippen LogP contribution in [0.2, 0.25) is 0 Å². The number of carbonyl (C=O) groups excluding carboxylic acids is 1. The van der Waals surface area contributed by atoms with E-state index in [1.54, 1.807) is 17.0 Å². The van der Waals surface area contributed by atoms with Crippen molar-refractivity contribution in [2.45, 2.75) is 37.8 Å². The van der Waals surface area contributed by atoms with Gasteiger partial charge in [0.25, 0.3) is 0 Å². The Bertz CT molecular complexity index is 1250. The van der Waals surface area contributed by atoms with E-state index in [4.69, 9.17) is 14.2 Å². The maximum atomic E-state index is 14.3. The second-order valence-electron chi connectivity index (χ2n) is 9.18. The molecule has 1 spiro atoms. The van der Waals surface area contributed by atoms with Gasteiger partial charge in [0.1, 0.15) is 22.6 Å². The monoisotopic (exact) mass is 431 g/mol. The molecule has 1 atom stereocenters. The van der Waals surface area contributed by atoms with Crippen molar-refractivity contribution in [1.29, 1.82) is 0 Å². The number of hydrogen-bond acceptors (Lipinski definition) is 4. The van der Waals surface area contributed by atoms with Crippen molar-refractivity contribution in [2.75, 3.05) is 11.7 Å². The fourth-order valence-electron chi connectivity index (χ4n) is 5.29. The highest BCUT2D eigenvalue weighted by atomic mass is 19.1. The first-order chi connectivity index (χ1) is 15.4. The molecular formula is C26H22FNO4. The van der Waals surface area contributed by atoms with Crippen LogP contribution in [0.1, 0.15) is 37.0 Å². The first kappa shape index (κ1) is 19.2. The summed E-state index contributed by atoms with van der Waals surface area (Å²) in [5.41, 5.74) is 1.99. The minimum atomic E-state index is -0.908. The molecule has 1 unspecified atom stereocenters. The minimum absolute atomic E-state index is 0.0143. The van der Waals surface area contributed by atoms with Crippen LogP contribution >= 0.6 is 0 Å². The van der Waals surface area contributed by atoms with Crippen LogP contribution in [0.3, 0.4) is 0 Å². The molecule has 0 radical (unpaired) electrons. The lowest BCUT2D eigenvalue weighted by molar-refractivity contribution is -0.124. The number of hydrogen-bond donors (Lipinski definition) is 0. The number of nitrogens with zero attached hydrogens (tertiary/aromatic N) is 1. The molecule has 3 aliphatic rings. The number of rotatable bonds is 2. The highest BCUT2D eigenvalue weighted by Gasteiger charge is 2.58.